The average molecular weight is 454 g/mol. The quantitative estimate of drug-likeness (QED) is 0.275. The Labute approximate surface area is 192 Å². The largest absolute Gasteiger partial charge is 0.497 e. The standard InChI is InChI=1S/C25H28NO7/c1-26(14-21(28)30-3)11-10-18-19(13-26)23(31-4)25-24(32-15-33-25)22(18)20(27)9-8-16-6-5-7-17(12-16)29-2/h5-9,12H,10-11,13-15H2,1-4H3/q+1/b9-8+/t26-/m1/s1. The van der Waals surface area contributed by atoms with E-state index in [-0.39, 0.29) is 25.1 Å². The van der Waals surface area contributed by atoms with E-state index in [1.807, 2.05) is 31.3 Å². The fourth-order valence-electron chi connectivity index (χ4n) is 4.47. The van der Waals surface area contributed by atoms with Crippen molar-refractivity contribution in [2.45, 2.75) is 13.0 Å². The minimum Gasteiger partial charge on any atom is -0.497 e. The first-order valence-electron chi connectivity index (χ1n) is 10.7. The zero-order valence-corrected chi connectivity index (χ0v) is 19.3. The lowest BCUT2D eigenvalue weighted by molar-refractivity contribution is -0.917. The van der Waals surface area contributed by atoms with Crippen LogP contribution in [-0.2, 0) is 22.5 Å². The molecule has 8 nitrogen and oxygen atoms in total. The van der Waals surface area contributed by atoms with Gasteiger partial charge in [-0.05, 0) is 29.3 Å². The van der Waals surface area contributed by atoms with E-state index >= 15 is 0 Å². The predicted octanol–water partition coefficient (Wildman–Crippen LogP) is 3.00. The minimum absolute atomic E-state index is 0.0166. The Balaban J connectivity index is 1.75. The lowest BCUT2D eigenvalue weighted by Gasteiger charge is -2.38. The first-order valence-corrected chi connectivity index (χ1v) is 10.7. The van der Waals surface area contributed by atoms with Crippen LogP contribution in [0.4, 0.5) is 0 Å². The van der Waals surface area contributed by atoms with Crippen LogP contribution in [0.2, 0.25) is 0 Å². The highest BCUT2D eigenvalue weighted by Crippen LogP contribution is 2.50. The molecule has 0 aromatic heterocycles. The number of hydrogen-bond donors (Lipinski definition) is 0. The topological polar surface area (TPSA) is 80.3 Å². The van der Waals surface area contributed by atoms with Gasteiger partial charge in [-0.3, -0.25) is 4.79 Å². The van der Waals surface area contributed by atoms with Gasteiger partial charge in [0.2, 0.25) is 12.5 Å². The maximum absolute atomic E-state index is 13.4. The number of ether oxygens (including phenoxy) is 5. The smallest absolute Gasteiger partial charge is 0.361 e. The SMILES string of the molecule is COC(=O)C[N@+]1(C)CCc2c(c(OC)c3c(c2C(=O)/C=C/c2cccc(OC)c2)OCO3)C1. The van der Waals surface area contributed by atoms with Gasteiger partial charge in [0.25, 0.3) is 0 Å². The van der Waals surface area contributed by atoms with Gasteiger partial charge in [-0.2, -0.15) is 0 Å². The highest BCUT2D eigenvalue weighted by molar-refractivity contribution is 6.11. The van der Waals surface area contributed by atoms with Crippen molar-refractivity contribution in [1.82, 2.24) is 0 Å². The van der Waals surface area contributed by atoms with Crippen LogP contribution in [0, 0.1) is 0 Å². The molecule has 2 aromatic rings. The molecule has 0 N–H and O–H groups in total. The molecule has 0 spiro atoms. The third-order valence-corrected chi connectivity index (χ3v) is 6.14. The lowest BCUT2D eigenvalue weighted by atomic mass is 9.89. The van der Waals surface area contributed by atoms with E-state index in [0.717, 1.165) is 16.7 Å². The van der Waals surface area contributed by atoms with Crippen LogP contribution in [0.25, 0.3) is 6.08 Å². The van der Waals surface area contributed by atoms with E-state index in [0.29, 0.717) is 52.6 Å². The Morgan fingerprint density at radius 2 is 1.88 bits per heavy atom. The molecule has 2 heterocycles. The number of quaternary nitrogens is 1. The van der Waals surface area contributed by atoms with Crippen LogP contribution in [0.1, 0.15) is 27.0 Å². The van der Waals surface area contributed by atoms with Gasteiger partial charge in [0, 0.05) is 6.42 Å². The summed E-state index contributed by atoms with van der Waals surface area (Å²) >= 11 is 0. The lowest BCUT2D eigenvalue weighted by Crippen LogP contribution is -2.51. The van der Waals surface area contributed by atoms with Crippen LogP contribution < -0.4 is 18.9 Å². The van der Waals surface area contributed by atoms with Crippen LogP contribution in [-0.4, -0.2) is 64.5 Å². The van der Waals surface area contributed by atoms with Crippen LogP contribution in [0.15, 0.2) is 30.3 Å². The summed E-state index contributed by atoms with van der Waals surface area (Å²) in [5.41, 5.74) is 3.07. The second-order valence-corrected chi connectivity index (χ2v) is 8.39. The predicted molar refractivity (Wildman–Crippen MR) is 121 cm³/mol. The Bertz CT molecular complexity index is 1120. The molecule has 0 saturated heterocycles. The highest BCUT2D eigenvalue weighted by Gasteiger charge is 2.40. The Hall–Kier alpha value is -3.52. The van der Waals surface area contributed by atoms with Gasteiger partial charge >= 0.3 is 5.97 Å². The number of carbonyl (C=O) groups is 2. The van der Waals surface area contributed by atoms with E-state index in [9.17, 15) is 9.59 Å². The Morgan fingerprint density at radius 3 is 2.61 bits per heavy atom. The number of fused-ring (bicyclic) bond motifs is 2. The summed E-state index contributed by atoms with van der Waals surface area (Å²) in [6.45, 7) is 1.42. The molecule has 4 rings (SSSR count). The molecule has 0 saturated carbocycles. The monoisotopic (exact) mass is 454 g/mol. The van der Waals surface area contributed by atoms with Gasteiger partial charge in [0.15, 0.2) is 23.8 Å². The van der Waals surface area contributed by atoms with E-state index in [2.05, 4.69) is 0 Å². The first-order chi connectivity index (χ1) is 15.9. The molecule has 0 amide bonds. The van der Waals surface area contributed by atoms with E-state index in [1.54, 1.807) is 20.3 Å². The van der Waals surface area contributed by atoms with Gasteiger partial charge in [0.1, 0.15) is 12.3 Å². The number of methoxy groups -OCH3 is 3. The molecular weight excluding hydrogens is 426 g/mol. The number of rotatable bonds is 7. The number of allylic oxidation sites excluding steroid dienone is 1. The summed E-state index contributed by atoms with van der Waals surface area (Å²) in [4.78, 5) is 25.4. The molecule has 2 aromatic carbocycles. The molecule has 0 unspecified atom stereocenters. The summed E-state index contributed by atoms with van der Waals surface area (Å²) in [7, 11) is 6.55. The van der Waals surface area contributed by atoms with Crippen molar-refractivity contribution in [3.05, 3.63) is 52.6 Å². The maximum Gasteiger partial charge on any atom is 0.361 e. The molecule has 33 heavy (non-hydrogen) atoms. The summed E-state index contributed by atoms with van der Waals surface area (Å²) in [5.74, 6) is 1.66. The zero-order chi connectivity index (χ0) is 23.6. The molecule has 2 aliphatic rings. The fraction of sp³-hybridized carbons (Fsp3) is 0.360. The number of ketones is 1. The summed E-state index contributed by atoms with van der Waals surface area (Å²) < 4.78 is 27.7. The van der Waals surface area contributed by atoms with E-state index in [4.69, 9.17) is 23.7 Å². The van der Waals surface area contributed by atoms with Crippen LogP contribution in [0.5, 0.6) is 23.0 Å². The summed E-state index contributed by atoms with van der Waals surface area (Å²) in [5, 5.41) is 0. The molecule has 8 heteroatoms. The summed E-state index contributed by atoms with van der Waals surface area (Å²) in [6, 6.07) is 7.47. The molecular formula is C25H28NO7+. The van der Waals surface area contributed by atoms with Crippen molar-refractivity contribution in [2.24, 2.45) is 0 Å². The number of carbonyl (C=O) groups excluding carboxylic acids is 2. The maximum atomic E-state index is 13.4. The van der Waals surface area contributed by atoms with Crippen molar-refractivity contribution in [2.75, 3.05) is 48.3 Å². The first kappa shape index (κ1) is 22.7. The van der Waals surface area contributed by atoms with Crippen molar-refractivity contribution >= 4 is 17.8 Å². The van der Waals surface area contributed by atoms with Gasteiger partial charge in [-0.1, -0.05) is 18.2 Å². The normalized spacial score (nSPS) is 18.7. The van der Waals surface area contributed by atoms with Gasteiger partial charge in [0.05, 0.1) is 46.0 Å². The van der Waals surface area contributed by atoms with E-state index < -0.39 is 0 Å². The Kier molecular flexibility index (Phi) is 6.29. The highest BCUT2D eigenvalue weighted by atomic mass is 16.7. The minimum atomic E-state index is -0.279. The van der Waals surface area contributed by atoms with Gasteiger partial charge in [-0.15, -0.1) is 0 Å². The molecule has 0 radical (unpaired) electrons. The number of hydrogen-bond acceptors (Lipinski definition) is 7. The zero-order valence-electron chi connectivity index (χ0n) is 19.3. The molecule has 174 valence electrons. The molecule has 0 aliphatic carbocycles. The second kappa shape index (κ2) is 9.15. The third kappa shape index (κ3) is 4.39. The average Bonchev–Trinajstić information content (AvgIpc) is 3.30. The molecule has 0 fully saturated rings. The van der Waals surface area contributed by atoms with Gasteiger partial charge in [-0.25, -0.2) is 4.79 Å². The van der Waals surface area contributed by atoms with E-state index in [1.165, 1.54) is 13.2 Å². The number of esters is 1. The van der Waals surface area contributed by atoms with Gasteiger partial charge < -0.3 is 28.2 Å². The number of nitrogens with zero attached hydrogens (tertiary/aromatic N) is 1. The number of likely N-dealkylation sites (N-methyl/N-ethyl adjacent to an activating group) is 1. The fourth-order valence-corrected chi connectivity index (χ4v) is 4.47. The number of benzene rings is 2. The Morgan fingerprint density at radius 1 is 1.09 bits per heavy atom. The van der Waals surface area contributed by atoms with Crippen molar-refractivity contribution in [1.29, 1.82) is 0 Å². The molecule has 2 aliphatic heterocycles. The molecule has 0 bridgehead atoms. The third-order valence-electron chi connectivity index (χ3n) is 6.14. The molecule has 1 atom stereocenters. The van der Waals surface area contributed by atoms with Crippen molar-refractivity contribution in [3.63, 3.8) is 0 Å². The summed E-state index contributed by atoms with van der Waals surface area (Å²) in [6.07, 6.45) is 3.88. The van der Waals surface area contributed by atoms with Crippen molar-refractivity contribution in [3.8, 4) is 23.0 Å². The van der Waals surface area contributed by atoms with Crippen LogP contribution in [0.3, 0.4) is 0 Å². The van der Waals surface area contributed by atoms with Crippen LogP contribution >= 0.6 is 0 Å². The second-order valence-electron chi connectivity index (χ2n) is 8.39. The van der Waals surface area contributed by atoms with Crippen molar-refractivity contribution < 1.29 is 37.8 Å².